The Balaban J connectivity index is 2.87. The lowest BCUT2D eigenvalue weighted by atomic mass is 9.98. The third-order valence-corrected chi connectivity index (χ3v) is 2.75. The van der Waals surface area contributed by atoms with E-state index >= 15 is 0 Å². The van der Waals surface area contributed by atoms with E-state index < -0.39 is 6.43 Å². The highest BCUT2D eigenvalue weighted by Crippen LogP contribution is 2.38. The monoisotopic (exact) mass is 223 g/mol. The SMILES string of the molecule is O=CBNc1c(Cl)csc1C(F)F. The number of carbonyl (C=O) groups is 1. The molecule has 1 rings (SSSR count). The zero-order valence-corrected chi connectivity index (χ0v) is 7.96. The summed E-state index contributed by atoms with van der Waals surface area (Å²) in [6, 6.07) is 0. The molecule has 70 valence electrons. The fourth-order valence-electron chi connectivity index (χ4n) is 0.827. The van der Waals surface area contributed by atoms with Gasteiger partial charge in [0.1, 0.15) is 6.19 Å². The molecule has 0 saturated carbocycles. The van der Waals surface area contributed by atoms with Gasteiger partial charge in [-0.15, -0.1) is 11.3 Å². The highest BCUT2D eigenvalue weighted by Gasteiger charge is 2.17. The Morgan fingerprint density at radius 1 is 1.69 bits per heavy atom. The van der Waals surface area contributed by atoms with E-state index in [-0.39, 0.29) is 23.0 Å². The van der Waals surface area contributed by atoms with E-state index in [0.29, 0.717) is 6.19 Å². The lowest BCUT2D eigenvalue weighted by Gasteiger charge is -2.03. The summed E-state index contributed by atoms with van der Waals surface area (Å²) in [5, 5.41) is 4.16. The topological polar surface area (TPSA) is 29.1 Å². The Bertz CT molecular complexity index is 307. The summed E-state index contributed by atoms with van der Waals surface area (Å²) in [7, 11) is -0.0177. The number of hydrogen-bond donors (Lipinski definition) is 1. The van der Waals surface area contributed by atoms with E-state index in [1.807, 2.05) is 0 Å². The van der Waals surface area contributed by atoms with Crippen LogP contribution in [0.3, 0.4) is 0 Å². The van der Waals surface area contributed by atoms with Gasteiger partial charge in [0, 0.05) is 5.38 Å². The number of hydrogen-bond acceptors (Lipinski definition) is 3. The maximum Gasteiger partial charge on any atom is 0.308 e. The molecule has 13 heavy (non-hydrogen) atoms. The minimum absolute atomic E-state index is 0.0177. The van der Waals surface area contributed by atoms with E-state index in [1.54, 1.807) is 0 Å². The molecule has 0 bridgehead atoms. The molecule has 1 N–H and O–H groups in total. The zero-order chi connectivity index (χ0) is 9.84. The third-order valence-electron chi connectivity index (χ3n) is 1.33. The van der Waals surface area contributed by atoms with Crippen molar-refractivity contribution in [2.45, 2.75) is 6.43 Å². The van der Waals surface area contributed by atoms with Crippen LogP contribution in [0.25, 0.3) is 0 Å². The molecule has 1 heterocycles. The third kappa shape index (κ3) is 2.41. The summed E-state index contributed by atoms with van der Waals surface area (Å²) in [5.74, 6) is 0. The molecule has 0 fully saturated rings. The Morgan fingerprint density at radius 3 is 2.92 bits per heavy atom. The van der Waals surface area contributed by atoms with Gasteiger partial charge in [-0.1, -0.05) is 11.6 Å². The molecule has 0 amide bonds. The number of anilines is 1. The van der Waals surface area contributed by atoms with Crippen LogP contribution in [-0.4, -0.2) is 13.6 Å². The van der Waals surface area contributed by atoms with Crippen molar-refractivity contribution < 1.29 is 13.6 Å². The van der Waals surface area contributed by atoms with Crippen LogP contribution in [0.5, 0.6) is 0 Å². The largest absolute Gasteiger partial charge is 0.422 e. The number of nitrogens with one attached hydrogen (secondary N) is 1. The molecule has 1 aromatic rings. The molecule has 0 aliphatic heterocycles. The fourth-order valence-corrected chi connectivity index (χ4v) is 1.94. The van der Waals surface area contributed by atoms with Gasteiger partial charge in [0.2, 0.25) is 0 Å². The summed E-state index contributed by atoms with van der Waals surface area (Å²) < 4.78 is 24.6. The van der Waals surface area contributed by atoms with E-state index in [9.17, 15) is 13.6 Å². The fraction of sp³-hybridized carbons (Fsp3) is 0.167. The molecule has 0 saturated heterocycles. The van der Waals surface area contributed by atoms with Gasteiger partial charge < -0.3 is 10.0 Å². The number of rotatable bonds is 4. The first kappa shape index (κ1) is 10.5. The lowest BCUT2D eigenvalue weighted by Crippen LogP contribution is -2.08. The van der Waals surface area contributed by atoms with Crippen LogP contribution in [0.2, 0.25) is 5.02 Å². The number of thiophene rings is 1. The second kappa shape index (κ2) is 4.57. The van der Waals surface area contributed by atoms with Crippen molar-refractivity contribution in [3.8, 4) is 0 Å². The Kier molecular flexibility index (Phi) is 3.68. The predicted molar refractivity (Wildman–Crippen MR) is 51.8 cm³/mol. The van der Waals surface area contributed by atoms with Gasteiger partial charge in [0.25, 0.3) is 6.43 Å². The second-order valence-corrected chi connectivity index (χ2v) is 3.49. The summed E-state index contributed by atoms with van der Waals surface area (Å²) >= 11 is 6.50. The molecule has 2 nitrogen and oxygen atoms in total. The van der Waals surface area contributed by atoms with Gasteiger partial charge in [0.15, 0.2) is 0 Å². The Labute approximate surface area is 83.2 Å². The van der Waals surface area contributed by atoms with Crippen molar-refractivity contribution in [1.82, 2.24) is 0 Å². The molecule has 0 aromatic carbocycles. The van der Waals surface area contributed by atoms with Crippen molar-refractivity contribution in [3.63, 3.8) is 0 Å². The maximum absolute atomic E-state index is 12.3. The van der Waals surface area contributed by atoms with Gasteiger partial charge in [0.05, 0.1) is 15.6 Å². The maximum atomic E-state index is 12.3. The quantitative estimate of drug-likeness (QED) is 0.627. The smallest absolute Gasteiger partial charge is 0.308 e. The first-order valence-electron chi connectivity index (χ1n) is 3.39. The van der Waals surface area contributed by atoms with Crippen molar-refractivity contribution in [1.29, 1.82) is 0 Å². The zero-order valence-electron chi connectivity index (χ0n) is 6.39. The van der Waals surface area contributed by atoms with Gasteiger partial charge in [-0.3, -0.25) is 0 Å². The Hall–Kier alpha value is -0.615. The normalized spacial score (nSPS) is 10.2. The van der Waals surface area contributed by atoms with Crippen molar-refractivity contribution >= 4 is 42.2 Å². The van der Waals surface area contributed by atoms with Crippen LogP contribution in [0.1, 0.15) is 11.3 Å². The Morgan fingerprint density at radius 2 is 2.38 bits per heavy atom. The van der Waals surface area contributed by atoms with Crippen LogP contribution in [-0.2, 0) is 4.79 Å². The first-order chi connectivity index (χ1) is 6.16. The van der Waals surface area contributed by atoms with Crippen molar-refractivity contribution in [2.75, 3.05) is 5.23 Å². The average Bonchev–Trinajstić information content (AvgIpc) is 2.43. The van der Waals surface area contributed by atoms with E-state index in [0.717, 1.165) is 11.3 Å². The van der Waals surface area contributed by atoms with Crippen LogP contribution >= 0.6 is 22.9 Å². The second-order valence-electron chi connectivity index (χ2n) is 2.17. The minimum atomic E-state index is -2.56. The summed E-state index contributed by atoms with van der Waals surface area (Å²) in [5.41, 5.74) is 0.161. The van der Waals surface area contributed by atoms with Crippen LogP contribution in [0.4, 0.5) is 14.5 Å². The van der Waals surface area contributed by atoms with E-state index in [4.69, 9.17) is 11.6 Å². The molecule has 7 heteroatoms. The van der Waals surface area contributed by atoms with Crippen LogP contribution in [0, 0.1) is 0 Å². The highest BCUT2D eigenvalue weighted by molar-refractivity contribution is 7.11. The van der Waals surface area contributed by atoms with Gasteiger partial charge in [-0.2, -0.15) is 0 Å². The molecule has 0 radical (unpaired) electrons. The van der Waals surface area contributed by atoms with Crippen molar-refractivity contribution in [3.05, 3.63) is 15.3 Å². The molecule has 0 spiro atoms. The lowest BCUT2D eigenvalue weighted by molar-refractivity contribution is 0.156. The summed E-state index contributed by atoms with van der Waals surface area (Å²) in [4.78, 5) is 9.87. The molecule has 0 aliphatic carbocycles. The van der Waals surface area contributed by atoms with Crippen LogP contribution in [0.15, 0.2) is 5.38 Å². The average molecular weight is 223 g/mol. The molecular weight excluding hydrogens is 218 g/mol. The summed E-state index contributed by atoms with van der Waals surface area (Å²) in [6.45, 7) is 0. The van der Waals surface area contributed by atoms with Crippen LogP contribution < -0.4 is 5.23 Å². The first-order valence-corrected chi connectivity index (χ1v) is 4.65. The number of halogens is 3. The number of alkyl halides is 2. The molecule has 0 atom stereocenters. The van der Waals surface area contributed by atoms with Gasteiger partial charge in [-0.05, 0) is 0 Å². The molecule has 0 unspecified atom stereocenters. The highest BCUT2D eigenvalue weighted by atomic mass is 35.5. The molecular formula is C6H5BClF2NOS. The standard InChI is InChI=1S/C6H5BClF2NOS/c8-3-1-13-5(6(9)10)4(3)11-7-2-12/h1-2,6-7,11H. The molecule has 0 aliphatic rings. The van der Waals surface area contributed by atoms with Gasteiger partial charge >= 0.3 is 7.41 Å². The number of carbonyl (C=O) groups excluding carboxylic acids is 1. The summed E-state index contributed by atoms with van der Waals surface area (Å²) in [6.07, 6.45) is -1.98. The van der Waals surface area contributed by atoms with Crippen molar-refractivity contribution in [2.24, 2.45) is 0 Å². The molecule has 1 aromatic heterocycles. The van der Waals surface area contributed by atoms with E-state index in [1.165, 1.54) is 5.38 Å². The predicted octanol–water partition coefficient (Wildman–Crippen LogP) is 2.29. The van der Waals surface area contributed by atoms with E-state index in [2.05, 4.69) is 5.23 Å². The van der Waals surface area contributed by atoms with Gasteiger partial charge in [-0.25, -0.2) is 8.78 Å². The minimum Gasteiger partial charge on any atom is -0.422 e.